The number of sulfone groups is 1. The molecule has 2 atom stereocenters. The smallest absolute Gasteiger partial charge is 0.154 e. The Morgan fingerprint density at radius 1 is 1.30 bits per heavy atom. The van der Waals surface area contributed by atoms with Gasteiger partial charge in [0.15, 0.2) is 9.84 Å². The van der Waals surface area contributed by atoms with Gasteiger partial charge in [-0.3, -0.25) is 4.98 Å². The topological polar surface area (TPSA) is 50.3 Å². The Hall–Kier alpha value is -1.33. The van der Waals surface area contributed by atoms with Gasteiger partial charge in [-0.05, 0) is 24.5 Å². The van der Waals surface area contributed by atoms with Crippen LogP contribution in [0, 0.1) is 0 Å². The van der Waals surface area contributed by atoms with Gasteiger partial charge in [-0.1, -0.05) is 31.5 Å². The minimum Gasteiger partial charge on any atom is -0.366 e. The third-order valence-electron chi connectivity index (χ3n) is 4.77. The van der Waals surface area contributed by atoms with Crippen LogP contribution in [0.3, 0.4) is 0 Å². The zero-order valence-electron chi connectivity index (χ0n) is 13.7. The molecule has 2 heterocycles. The number of rotatable bonds is 3. The monoisotopic (exact) mass is 352 g/mol. The van der Waals surface area contributed by atoms with Crippen molar-refractivity contribution in [3.63, 3.8) is 0 Å². The van der Waals surface area contributed by atoms with Gasteiger partial charge in [-0.15, -0.1) is 0 Å². The summed E-state index contributed by atoms with van der Waals surface area (Å²) < 4.78 is 23.6. The lowest BCUT2D eigenvalue weighted by molar-refractivity contribution is 0.465. The van der Waals surface area contributed by atoms with Gasteiger partial charge in [0.05, 0.1) is 10.3 Å². The molecule has 1 fully saturated rings. The summed E-state index contributed by atoms with van der Waals surface area (Å²) >= 11 is 6.40. The molecule has 0 unspecified atom stereocenters. The van der Waals surface area contributed by atoms with E-state index in [1.165, 1.54) is 11.8 Å². The second-order valence-corrected chi connectivity index (χ2v) is 9.31. The summed E-state index contributed by atoms with van der Waals surface area (Å²) in [5.74, 6) is 0.351. The van der Waals surface area contributed by atoms with Gasteiger partial charge >= 0.3 is 0 Å². The average molecular weight is 353 g/mol. The van der Waals surface area contributed by atoms with Crippen molar-refractivity contribution in [1.82, 2.24) is 4.98 Å². The number of halogens is 1. The van der Waals surface area contributed by atoms with Gasteiger partial charge < -0.3 is 4.90 Å². The fourth-order valence-corrected chi connectivity index (χ4v) is 4.94. The summed E-state index contributed by atoms with van der Waals surface area (Å²) in [5, 5.41) is 2.34. The van der Waals surface area contributed by atoms with Gasteiger partial charge in [-0.25, -0.2) is 8.42 Å². The summed E-state index contributed by atoms with van der Waals surface area (Å²) in [4.78, 5) is 6.35. The number of fused-ring (bicyclic) bond motifs is 1. The Bertz CT molecular complexity index is 864. The van der Waals surface area contributed by atoms with Crippen LogP contribution in [0.2, 0.25) is 5.02 Å². The average Bonchev–Trinajstić information content (AvgIpc) is 2.44. The molecule has 0 N–H and O–H groups in total. The van der Waals surface area contributed by atoms with E-state index in [0.29, 0.717) is 17.5 Å². The van der Waals surface area contributed by atoms with Crippen LogP contribution in [0.5, 0.6) is 0 Å². The van der Waals surface area contributed by atoms with Crippen molar-refractivity contribution in [3.8, 4) is 0 Å². The van der Waals surface area contributed by atoms with Crippen LogP contribution in [0.4, 0.5) is 5.69 Å². The van der Waals surface area contributed by atoms with Crippen LogP contribution in [0.1, 0.15) is 32.3 Å². The Kier molecular flexibility index (Phi) is 4.05. The molecule has 0 aliphatic carbocycles. The third kappa shape index (κ3) is 2.70. The summed E-state index contributed by atoms with van der Waals surface area (Å²) in [5.41, 5.74) is 2.19. The number of nitrogens with zero attached hydrogens (tertiary/aromatic N) is 2. The van der Waals surface area contributed by atoms with Crippen LogP contribution < -0.4 is 4.90 Å². The van der Waals surface area contributed by atoms with E-state index in [1.807, 2.05) is 13.1 Å². The number of hydrogen-bond donors (Lipinski definition) is 0. The van der Waals surface area contributed by atoms with Gasteiger partial charge in [0.2, 0.25) is 0 Å². The number of benzene rings is 1. The van der Waals surface area contributed by atoms with E-state index >= 15 is 0 Å². The fourth-order valence-electron chi connectivity index (χ4n) is 3.38. The maximum Gasteiger partial charge on any atom is 0.154 e. The molecule has 6 heteroatoms. The summed E-state index contributed by atoms with van der Waals surface area (Å²) in [6.45, 7) is 6.74. The minimum absolute atomic E-state index is 0.0444. The molecule has 1 aliphatic rings. The van der Waals surface area contributed by atoms with Gasteiger partial charge in [0, 0.05) is 47.7 Å². The quantitative estimate of drug-likeness (QED) is 0.846. The van der Waals surface area contributed by atoms with Gasteiger partial charge in [0.1, 0.15) is 0 Å². The molecule has 1 saturated heterocycles. The van der Waals surface area contributed by atoms with Crippen molar-refractivity contribution in [1.29, 1.82) is 0 Å². The molecular formula is C17H21ClN2O2S. The molecule has 0 amide bonds. The van der Waals surface area contributed by atoms with Gasteiger partial charge in [-0.2, -0.15) is 0 Å². The van der Waals surface area contributed by atoms with Crippen LogP contribution >= 0.6 is 11.6 Å². The summed E-state index contributed by atoms with van der Waals surface area (Å²) in [6, 6.07) is 4.11. The standard InChI is InChI=1S/C17H21ClN2O2S/c1-10(2)12-5-6-15(13-7-19-8-14(18)17(12)13)20-9-16(11(20)3)23(4,21)22/h5-8,10-11,16H,9H2,1-4H3/t11-,16+/m1/s1. The van der Waals surface area contributed by atoms with E-state index < -0.39 is 9.84 Å². The predicted octanol–water partition coefficient (Wildman–Crippen LogP) is 3.63. The van der Waals surface area contributed by atoms with E-state index in [9.17, 15) is 8.42 Å². The molecule has 1 aromatic carbocycles. The molecule has 2 aromatic rings. The van der Waals surface area contributed by atoms with Crippen molar-refractivity contribution in [2.24, 2.45) is 0 Å². The third-order valence-corrected chi connectivity index (χ3v) is 6.70. The van der Waals surface area contributed by atoms with Crippen molar-refractivity contribution in [2.75, 3.05) is 17.7 Å². The van der Waals surface area contributed by atoms with Crippen LogP contribution in [-0.2, 0) is 9.84 Å². The van der Waals surface area contributed by atoms with Crippen LogP contribution in [-0.4, -0.2) is 37.5 Å². The van der Waals surface area contributed by atoms with E-state index in [1.54, 1.807) is 6.20 Å². The first-order valence-corrected chi connectivity index (χ1v) is 10.1. The van der Waals surface area contributed by atoms with Crippen molar-refractivity contribution in [3.05, 3.63) is 35.1 Å². The number of pyridine rings is 1. The normalized spacial score (nSPS) is 21.7. The molecule has 0 bridgehead atoms. The van der Waals surface area contributed by atoms with Crippen LogP contribution in [0.15, 0.2) is 24.5 Å². The maximum atomic E-state index is 11.8. The van der Waals surface area contributed by atoms with E-state index in [4.69, 9.17) is 11.6 Å². The molecule has 23 heavy (non-hydrogen) atoms. The Labute approximate surface area is 142 Å². The first-order valence-electron chi connectivity index (χ1n) is 7.73. The summed E-state index contributed by atoms with van der Waals surface area (Å²) in [6.07, 6.45) is 4.80. The summed E-state index contributed by atoms with van der Waals surface area (Å²) in [7, 11) is -3.02. The Balaban J connectivity index is 2.11. The van der Waals surface area contributed by atoms with Gasteiger partial charge in [0.25, 0.3) is 0 Å². The SMILES string of the molecule is CC(C)c1ccc(N2C[C@H](S(C)(=O)=O)[C@H]2C)c2cncc(Cl)c12. The highest BCUT2D eigenvalue weighted by Gasteiger charge is 2.42. The van der Waals surface area contributed by atoms with Crippen molar-refractivity contribution >= 4 is 37.9 Å². The predicted molar refractivity (Wildman–Crippen MR) is 96.3 cm³/mol. The highest BCUT2D eigenvalue weighted by Crippen LogP contribution is 2.40. The zero-order chi connectivity index (χ0) is 16.9. The lowest BCUT2D eigenvalue weighted by Crippen LogP contribution is -2.61. The fraction of sp³-hybridized carbons (Fsp3) is 0.471. The van der Waals surface area contributed by atoms with E-state index in [-0.39, 0.29) is 11.3 Å². The minimum atomic E-state index is -3.02. The molecule has 0 spiro atoms. The largest absolute Gasteiger partial charge is 0.366 e. The van der Waals surface area contributed by atoms with Crippen molar-refractivity contribution < 1.29 is 8.42 Å². The Morgan fingerprint density at radius 3 is 2.57 bits per heavy atom. The number of anilines is 1. The molecular weight excluding hydrogens is 332 g/mol. The molecule has 4 nitrogen and oxygen atoms in total. The lowest BCUT2D eigenvalue weighted by atomic mass is 9.94. The van der Waals surface area contributed by atoms with E-state index in [2.05, 4.69) is 35.9 Å². The molecule has 1 aromatic heterocycles. The zero-order valence-corrected chi connectivity index (χ0v) is 15.3. The van der Waals surface area contributed by atoms with E-state index in [0.717, 1.165) is 16.5 Å². The molecule has 0 saturated carbocycles. The highest BCUT2D eigenvalue weighted by atomic mass is 35.5. The number of hydrogen-bond acceptors (Lipinski definition) is 4. The molecule has 0 radical (unpaired) electrons. The maximum absolute atomic E-state index is 11.8. The molecule has 124 valence electrons. The Morgan fingerprint density at radius 2 is 2.00 bits per heavy atom. The first kappa shape index (κ1) is 16.5. The first-order chi connectivity index (χ1) is 10.7. The number of aromatic nitrogens is 1. The molecule has 1 aliphatic heterocycles. The highest BCUT2D eigenvalue weighted by molar-refractivity contribution is 7.91. The van der Waals surface area contributed by atoms with Crippen molar-refractivity contribution in [2.45, 2.75) is 38.0 Å². The second kappa shape index (κ2) is 5.64. The molecule has 3 rings (SSSR count). The second-order valence-electron chi connectivity index (χ2n) is 6.63. The lowest BCUT2D eigenvalue weighted by Gasteiger charge is -2.47. The van der Waals surface area contributed by atoms with Crippen LogP contribution in [0.25, 0.3) is 10.8 Å².